The van der Waals surface area contributed by atoms with Gasteiger partial charge in [0.2, 0.25) is 5.75 Å². The number of amides is 1. The van der Waals surface area contributed by atoms with Crippen LogP contribution in [0, 0.1) is 10.1 Å². The summed E-state index contributed by atoms with van der Waals surface area (Å²) < 4.78 is 15.3. The van der Waals surface area contributed by atoms with Gasteiger partial charge in [0.15, 0.2) is 5.76 Å². The quantitative estimate of drug-likeness (QED) is 0.208. The van der Waals surface area contributed by atoms with Gasteiger partial charge in [0.05, 0.1) is 30.1 Å². The second-order valence-corrected chi connectivity index (χ2v) is 5.75. The van der Waals surface area contributed by atoms with E-state index in [0.29, 0.717) is 5.75 Å². The summed E-state index contributed by atoms with van der Waals surface area (Å²) in [5.41, 5.74) is 2.03. The van der Waals surface area contributed by atoms with E-state index in [1.54, 1.807) is 12.1 Å². The highest BCUT2D eigenvalue weighted by Crippen LogP contribution is 2.31. The molecule has 0 aliphatic rings. The van der Waals surface area contributed by atoms with Gasteiger partial charge in [-0.3, -0.25) is 14.9 Å². The van der Waals surface area contributed by atoms with Gasteiger partial charge in [-0.15, -0.1) is 0 Å². The Balaban J connectivity index is 1.86. The summed E-state index contributed by atoms with van der Waals surface area (Å²) in [6.45, 7) is 0. The molecule has 0 saturated heterocycles. The summed E-state index contributed by atoms with van der Waals surface area (Å²) in [5.74, 6) is -1.29. The molecular weight excluding hydrogens is 394 g/mol. The van der Waals surface area contributed by atoms with Crippen LogP contribution >= 0.6 is 0 Å². The van der Waals surface area contributed by atoms with Crippen molar-refractivity contribution in [3.63, 3.8) is 0 Å². The van der Waals surface area contributed by atoms with Crippen LogP contribution in [-0.4, -0.2) is 30.1 Å². The molecule has 1 N–H and O–H groups in total. The Bertz CT molecular complexity index is 1110. The van der Waals surface area contributed by atoms with Gasteiger partial charge in [-0.25, -0.2) is 10.2 Å². The molecule has 0 aliphatic carbocycles. The number of hydrogen-bond donors (Lipinski definition) is 1. The summed E-state index contributed by atoms with van der Waals surface area (Å²) in [6.07, 6.45) is 2.46. The van der Waals surface area contributed by atoms with Crippen molar-refractivity contribution < 1.29 is 28.4 Å². The highest BCUT2D eigenvalue weighted by atomic mass is 16.6. The number of nitrogens with zero attached hydrogens (tertiary/aromatic N) is 2. The Morgan fingerprint density at radius 1 is 1.17 bits per heavy atom. The van der Waals surface area contributed by atoms with Gasteiger partial charge < -0.3 is 13.9 Å². The van der Waals surface area contributed by atoms with Crippen LogP contribution in [0.3, 0.4) is 0 Å². The fourth-order valence-corrected chi connectivity index (χ4v) is 2.42. The molecule has 2 aromatic carbocycles. The molecule has 3 aromatic rings. The second-order valence-electron chi connectivity index (χ2n) is 5.75. The van der Waals surface area contributed by atoms with Crippen molar-refractivity contribution >= 4 is 23.8 Å². The molecule has 1 aromatic heterocycles. The number of rotatable bonds is 7. The third kappa shape index (κ3) is 4.68. The van der Waals surface area contributed by atoms with Crippen molar-refractivity contribution in [3.8, 4) is 11.5 Å². The minimum absolute atomic E-state index is 0.0378. The number of nitro groups is 1. The molecule has 0 aliphatic heterocycles. The average Bonchev–Trinajstić information content (AvgIpc) is 3.29. The molecule has 0 radical (unpaired) electrons. The van der Waals surface area contributed by atoms with E-state index in [0.717, 1.165) is 6.21 Å². The number of nitrogens with one attached hydrogen (secondary N) is 1. The lowest BCUT2D eigenvalue weighted by Crippen LogP contribution is -2.17. The maximum absolute atomic E-state index is 12.5. The summed E-state index contributed by atoms with van der Waals surface area (Å²) in [6, 6.07) is 13.2. The van der Waals surface area contributed by atoms with Crippen LogP contribution in [0.2, 0.25) is 0 Å². The van der Waals surface area contributed by atoms with Crippen molar-refractivity contribution in [1.82, 2.24) is 5.43 Å². The molecule has 152 valence electrons. The molecule has 0 fully saturated rings. The van der Waals surface area contributed by atoms with E-state index in [4.69, 9.17) is 13.9 Å². The first-order chi connectivity index (χ1) is 14.5. The van der Waals surface area contributed by atoms with Gasteiger partial charge in [-0.1, -0.05) is 12.1 Å². The number of benzene rings is 2. The van der Waals surface area contributed by atoms with Crippen LogP contribution in [0.15, 0.2) is 70.4 Å². The smallest absolute Gasteiger partial charge is 0.343 e. The van der Waals surface area contributed by atoms with E-state index in [9.17, 15) is 19.7 Å². The summed E-state index contributed by atoms with van der Waals surface area (Å²) in [4.78, 5) is 35.1. The number of methoxy groups -OCH3 is 1. The Morgan fingerprint density at radius 3 is 2.67 bits per heavy atom. The first-order valence-electron chi connectivity index (χ1n) is 8.50. The third-order valence-corrected chi connectivity index (χ3v) is 3.84. The number of para-hydroxylation sites is 1. The van der Waals surface area contributed by atoms with Crippen molar-refractivity contribution in [2.75, 3.05) is 7.11 Å². The van der Waals surface area contributed by atoms with Gasteiger partial charge in [0.1, 0.15) is 5.75 Å². The molecule has 30 heavy (non-hydrogen) atoms. The largest absolute Gasteiger partial charge is 0.497 e. The standard InChI is InChI=1S/C20H15N3O7/c1-28-15-7-2-5-13(11-15)20(25)30-18-14(6-3-8-16(18)23(26)27)12-21-22-19(24)17-9-4-10-29-17/h2-12H,1H3,(H,22,24)/b21-12+. The van der Waals surface area contributed by atoms with E-state index in [1.807, 2.05) is 0 Å². The number of carbonyl (C=O) groups is 2. The first-order valence-corrected chi connectivity index (χ1v) is 8.50. The minimum atomic E-state index is -0.822. The Labute approximate surface area is 169 Å². The van der Waals surface area contributed by atoms with E-state index in [-0.39, 0.29) is 22.6 Å². The number of hydrazone groups is 1. The topological polar surface area (TPSA) is 133 Å². The molecule has 10 heteroatoms. The predicted molar refractivity (Wildman–Crippen MR) is 105 cm³/mol. The summed E-state index contributed by atoms with van der Waals surface area (Å²) in [5, 5.41) is 15.1. The van der Waals surface area contributed by atoms with Gasteiger partial charge in [-0.05, 0) is 36.4 Å². The fourth-order valence-electron chi connectivity index (χ4n) is 2.42. The lowest BCUT2D eigenvalue weighted by atomic mass is 10.1. The zero-order valence-corrected chi connectivity index (χ0v) is 15.6. The lowest BCUT2D eigenvalue weighted by Gasteiger charge is -2.09. The molecular formula is C20H15N3O7. The molecule has 10 nitrogen and oxygen atoms in total. The molecule has 1 heterocycles. The van der Waals surface area contributed by atoms with Gasteiger partial charge in [-0.2, -0.15) is 5.10 Å². The van der Waals surface area contributed by atoms with Crippen LogP contribution in [0.25, 0.3) is 0 Å². The van der Waals surface area contributed by atoms with Gasteiger partial charge in [0, 0.05) is 11.6 Å². The van der Waals surface area contributed by atoms with Crippen LogP contribution in [0.4, 0.5) is 5.69 Å². The SMILES string of the molecule is COc1cccc(C(=O)Oc2c(/C=N/NC(=O)c3ccco3)cccc2[N+](=O)[O-])c1. The molecule has 0 spiro atoms. The predicted octanol–water partition coefficient (Wildman–Crippen LogP) is 3.18. The van der Waals surface area contributed by atoms with Crippen LogP contribution < -0.4 is 14.9 Å². The van der Waals surface area contributed by atoms with Crippen molar-refractivity contribution in [2.45, 2.75) is 0 Å². The maximum atomic E-state index is 12.5. The summed E-state index contributed by atoms with van der Waals surface area (Å²) in [7, 11) is 1.44. The highest BCUT2D eigenvalue weighted by Gasteiger charge is 2.22. The molecule has 3 rings (SSSR count). The van der Waals surface area contributed by atoms with E-state index < -0.39 is 22.5 Å². The fraction of sp³-hybridized carbons (Fsp3) is 0.0500. The number of esters is 1. The Hall–Kier alpha value is -4.47. The Kier molecular flexibility index (Phi) is 6.18. The van der Waals surface area contributed by atoms with E-state index >= 15 is 0 Å². The maximum Gasteiger partial charge on any atom is 0.343 e. The molecule has 0 saturated carbocycles. The zero-order chi connectivity index (χ0) is 21.5. The third-order valence-electron chi connectivity index (χ3n) is 3.84. The molecule has 0 unspecified atom stereocenters. The molecule has 0 bridgehead atoms. The summed E-state index contributed by atoms with van der Waals surface area (Å²) >= 11 is 0. The van der Waals surface area contributed by atoms with Gasteiger partial charge in [0.25, 0.3) is 0 Å². The van der Waals surface area contributed by atoms with Crippen LogP contribution in [-0.2, 0) is 0 Å². The highest BCUT2D eigenvalue weighted by molar-refractivity contribution is 5.95. The first kappa shape index (κ1) is 20.3. The van der Waals surface area contributed by atoms with Crippen molar-refractivity contribution in [3.05, 3.63) is 87.9 Å². The van der Waals surface area contributed by atoms with Gasteiger partial charge >= 0.3 is 17.6 Å². The zero-order valence-electron chi connectivity index (χ0n) is 15.6. The molecule has 0 atom stereocenters. The number of nitro benzene ring substituents is 1. The van der Waals surface area contributed by atoms with Crippen LogP contribution in [0.5, 0.6) is 11.5 Å². The lowest BCUT2D eigenvalue weighted by molar-refractivity contribution is -0.385. The Morgan fingerprint density at radius 2 is 1.97 bits per heavy atom. The van der Waals surface area contributed by atoms with Crippen molar-refractivity contribution in [2.24, 2.45) is 5.10 Å². The second kappa shape index (κ2) is 9.15. The average molecular weight is 409 g/mol. The monoisotopic (exact) mass is 409 g/mol. The number of carbonyl (C=O) groups excluding carboxylic acids is 2. The number of furan rings is 1. The van der Waals surface area contributed by atoms with Crippen molar-refractivity contribution in [1.29, 1.82) is 0 Å². The molecule has 1 amide bonds. The normalized spacial score (nSPS) is 10.6. The minimum Gasteiger partial charge on any atom is -0.497 e. The van der Waals surface area contributed by atoms with E-state index in [2.05, 4.69) is 10.5 Å². The number of ether oxygens (including phenoxy) is 2. The number of hydrogen-bond acceptors (Lipinski definition) is 8. The van der Waals surface area contributed by atoms with E-state index in [1.165, 1.54) is 55.8 Å². The van der Waals surface area contributed by atoms with Crippen LogP contribution in [0.1, 0.15) is 26.5 Å².